The number of benzene rings is 2. The first-order valence-corrected chi connectivity index (χ1v) is 7.86. The summed E-state index contributed by atoms with van der Waals surface area (Å²) in [5.41, 5.74) is 9.60. The standard InChI is InChI=1S/C19H22N2/c1-2-19(21-20-18-10-4-3-5-11-18)17-13-12-15-8-6-7-9-16(15)14-17/h3-5,10-14,20H,2,6-9H2,1H3. The number of hydrogen-bond donors (Lipinski definition) is 1. The van der Waals surface area contributed by atoms with Crippen molar-refractivity contribution in [3.8, 4) is 0 Å². The Bertz CT molecular complexity index is 629. The van der Waals surface area contributed by atoms with Crippen LogP contribution in [0.3, 0.4) is 0 Å². The molecule has 0 spiro atoms. The number of aryl methyl sites for hydroxylation is 2. The minimum Gasteiger partial charge on any atom is -0.278 e. The minimum atomic E-state index is 0.929. The molecule has 108 valence electrons. The molecule has 0 fully saturated rings. The van der Waals surface area contributed by atoms with Gasteiger partial charge in [0.05, 0.1) is 11.4 Å². The molecule has 0 saturated heterocycles. The van der Waals surface area contributed by atoms with E-state index >= 15 is 0 Å². The van der Waals surface area contributed by atoms with Crippen molar-refractivity contribution in [3.05, 3.63) is 65.2 Å². The van der Waals surface area contributed by atoms with E-state index in [-0.39, 0.29) is 0 Å². The average Bonchev–Trinajstić information content (AvgIpc) is 2.56. The van der Waals surface area contributed by atoms with Gasteiger partial charge in [0.1, 0.15) is 0 Å². The van der Waals surface area contributed by atoms with Gasteiger partial charge in [-0.15, -0.1) is 0 Å². The van der Waals surface area contributed by atoms with Gasteiger partial charge in [-0.1, -0.05) is 37.3 Å². The van der Waals surface area contributed by atoms with Crippen LogP contribution < -0.4 is 5.43 Å². The van der Waals surface area contributed by atoms with E-state index in [1.165, 1.54) is 42.4 Å². The van der Waals surface area contributed by atoms with Crippen molar-refractivity contribution in [3.63, 3.8) is 0 Å². The van der Waals surface area contributed by atoms with Gasteiger partial charge in [0.2, 0.25) is 0 Å². The van der Waals surface area contributed by atoms with Gasteiger partial charge < -0.3 is 0 Å². The van der Waals surface area contributed by atoms with Crippen molar-refractivity contribution >= 4 is 11.4 Å². The van der Waals surface area contributed by atoms with Gasteiger partial charge in [-0.05, 0) is 67.0 Å². The quantitative estimate of drug-likeness (QED) is 0.631. The predicted octanol–water partition coefficient (Wildman–Crippen LogP) is 4.79. The van der Waals surface area contributed by atoms with Crippen LogP contribution in [0, 0.1) is 0 Å². The van der Waals surface area contributed by atoms with Gasteiger partial charge in [0.25, 0.3) is 0 Å². The highest BCUT2D eigenvalue weighted by atomic mass is 15.3. The summed E-state index contributed by atoms with van der Waals surface area (Å²) < 4.78 is 0. The summed E-state index contributed by atoms with van der Waals surface area (Å²) in [6.45, 7) is 2.16. The number of fused-ring (bicyclic) bond motifs is 1. The van der Waals surface area contributed by atoms with E-state index in [0.717, 1.165) is 17.8 Å². The first-order chi connectivity index (χ1) is 10.4. The van der Waals surface area contributed by atoms with Crippen LogP contribution in [-0.4, -0.2) is 5.71 Å². The highest BCUT2D eigenvalue weighted by Crippen LogP contribution is 2.23. The lowest BCUT2D eigenvalue weighted by Gasteiger charge is -2.17. The molecule has 2 heteroatoms. The van der Waals surface area contributed by atoms with Gasteiger partial charge in [-0.25, -0.2) is 0 Å². The molecule has 0 aliphatic heterocycles. The number of rotatable bonds is 4. The molecule has 2 nitrogen and oxygen atoms in total. The molecule has 2 aromatic rings. The molecule has 0 unspecified atom stereocenters. The lowest BCUT2D eigenvalue weighted by atomic mass is 9.89. The Morgan fingerprint density at radius 2 is 1.76 bits per heavy atom. The summed E-state index contributed by atoms with van der Waals surface area (Å²) in [5, 5.41) is 4.60. The van der Waals surface area contributed by atoms with Crippen molar-refractivity contribution in [2.24, 2.45) is 5.10 Å². The smallest absolute Gasteiger partial charge is 0.0676 e. The van der Waals surface area contributed by atoms with E-state index in [4.69, 9.17) is 0 Å². The third-order valence-electron chi connectivity index (χ3n) is 4.11. The predicted molar refractivity (Wildman–Crippen MR) is 90.0 cm³/mol. The molecule has 0 radical (unpaired) electrons. The molecule has 3 rings (SSSR count). The molecule has 1 aliphatic carbocycles. The van der Waals surface area contributed by atoms with Crippen LogP contribution in [0.4, 0.5) is 5.69 Å². The maximum Gasteiger partial charge on any atom is 0.0676 e. The van der Waals surface area contributed by atoms with Gasteiger partial charge in [-0.3, -0.25) is 5.43 Å². The summed E-state index contributed by atoms with van der Waals surface area (Å²) in [4.78, 5) is 0. The van der Waals surface area contributed by atoms with Crippen LogP contribution in [0.1, 0.15) is 42.9 Å². The molecule has 0 atom stereocenters. The molecule has 0 saturated carbocycles. The van der Waals surface area contributed by atoms with Crippen LogP contribution >= 0.6 is 0 Å². The zero-order valence-corrected chi connectivity index (χ0v) is 12.6. The van der Waals surface area contributed by atoms with Gasteiger partial charge >= 0.3 is 0 Å². The van der Waals surface area contributed by atoms with Crippen molar-refractivity contribution in [1.82, 2.24) is 0 Å². The zero-order valence-electron chi connectivity index (χ0n) is 12.6. The number of anilines is 1. The largest absolute Gasteiger partial charge is 0.278 e. The first-order valence-electron chi connectivity index (χ1n) is 7.86. The fourth-order valence-electron chi connectivity index (χ4n) is 2.91. The Morgan fingerprint density at radius 1 is 1.00 bits per heavy atom. The second-order valence-electron chi connectivity index (χ2n) is 5.58. The molecule has 0 heterocycles. The monoisotopic (exact) mass is 278 g/mol. The fraction of sp³-hybridized carbons (Fsp3) is 0.316. The topological polar surface area (TPSA) is 24.4 Å². The number of hydrazone groups is 1. The SMILES string of the molecule is CCC(=NNc1ccccc1)c1ccc2c(c1)CCCC2. The number of para-hydroxylation sites is 1. The third-order valence-corrected chi connectivity index (χ3v) is 4.11. The first kappa shape index (κ1) is 13.9. The molecule has 1 N–H and O–H groups in total. The molecule has 2 aromatic carbocycles. The van der Waals surface area contributed by atoms with E-state index in [9.17, 15) is 0 Å². The molecule has 1 aliphatic rings. The summed E-state index contributed by atoms with van der Waals surface area (Å²) >= 11 is 0. The summed E-state index contributed by atoms with van der Waals surface area (Å²) in [6.07, 6.45) is 6.02. The van der Waals surface area contributed by atoms with Crippen molar-refractivity contribution < 1.29 is 0 Å². The van der Waals surface area contributed by atoms with E-state index in [0.29, 0.717) is 0 Å². The average molecular weight is 278 g/mol. The second-order valence-corrected chi connectivity index (χ2v) is 5.58. The van der Waals surface area contributed by atoms with Crippen LogP contribution in [-0.2, 0) is 12.8 Å². The molecule has 0 aromatic heterocycles. The number of hydrogen-bond acceptors (Lipinski definition) is 2. The maximum absolute atomic E-state index is 4.60. The molecule has 0 bridgehead atoms. The summed E-state index contributed by atoms with van der Waals surface area (Å²) in [5.74, 6) is 0. The van der Waals surface area contributed by atoms with Crippen molar-refractivity contribution in [2.75, 3.05) is 5.43 Å². The molecular weight excluding hydrogens is 256 g/mol. The van der Waals surface area contributed by atoms with E-state index in [1.807, 2.05) is 30.3 Å². The Labute approximate surface area is 126 Å². The van der Waals surface area contributed by atoms with Gasteiger partial charge in [0.15, 0.2) is 0 Å². The van der Waals surface area contributed by atoms with Crippen LogP contribution in [0.25, 0.3) is 0 Å². The Balaban J connectivity index is 1.82. The van der Waals surface area contributed by atoms with Crippen molar-refractivity contribution in [1.29, 1.82) is 0 Å². The lowest BCUT2D eigenvalue weighted by Crippen LogP contribution is -2.07. The van der Waals surface area contributed by atoms with Crippen LogP contribution in [0.2, 0.25) is 0 Å². The minimum absolute atomic E-state index is 0.929. The number of nitrogens with one attached hydrogen (secondary N) is 1. The highest BCUT2D eigenvalue weighted by molar-refractivity contribution is 6.01. The van der Waals surface area contributed by atoms with E-state index < -0.39 is 0 Å². The Hall–Kier alpha value is -2.09. The van der Waals surface area contributed by atoms with Gasteiger partial charge in [-0.2, -0.15) is 5.10 Å². The van der Waals surface area contributed by atoms with Crippen LogP contribution in [0.15, 0.2) is 53.6 Å². The fourth-order valence-corrected chi connectivity index (χ4v) is 2.91. The normalized spacial score (nSPS) is 14.6. The van der Waals surface area contributed by atoms with Gasteiger partial charge in [0, 0.05) is 0 Å². The Kier molecular flexibility index (Phi) is 4.34. The van der Waals surface area contributed by atoms with Crippen molar-refractivity contribution in [2.45, 2.75) is 39.0 Å². The third kappa shape index (κ3) is 3.33. The second kappa shape index (κ2) is 6.57. The Morgan fingerprint density at radius 3 is 2.52 bits per heavy atom. The summed E-state index contributed by atoms with van der Waals surface area (Å²) in [7, 11) is 0. The highest BCUT2D eigenvalue weighted by Gasteiger charge is 2.11. The molecular formula is C19H22N2. The molecule has 21 heavy (non-hydrogen) atoms. The summed E-state index contributed by atoms with van der Waals surface area (Å²) in [6, 6.07) is 17.0. The van der Waals surface area contributed by atoms with E-state index in [2.05, 4.69) is 35.7 Å². The zero-order chi connectivity index (χ0) is 14.5. The maximum atomic E-state index is 4.60. The van der Waals surface area contributed by atoms with Crippen LogP contribution in [0.5, 0.6) is 0 Å². The lowest BCUT2D eigenvalue weighted by molar-refractivity contribution is 0.685. The van der Waals surface area contributed by atoms with E-state index in [1.54, 1.807) is 0 Å². The molecule has 0 amide bonds. The number of nitrogens with zero attached hydrogens (tertiary/aromatic N) is 1.